The molecule has 4 unspecified atom stereocenters. The van der Waals surface area contributed by atoms with Crippen LogP contribution in [0, 0.1) is 23.7 Å². The second-order valence-electron chi connectivity index (χ2n) is 11.0. The third kappa shape index (κ3) is 5.67. The number of fused-ring (bicyclic) bond motifs is 1. The first kappa shape index (κ1) is 26.0. The summed E-state index contributed by atoms with van der Waals surface area (Å²) in [7, 11) is 0. The molecule has 0 aromatic carbocycles. The van der Waals surface area contributed by atoms with Gasteiger partial charge in [-0.2, -0.15) is 8.78 Å². The molecule has 0 bridgehead atoms. The van der Waals surface area contributed by atoms with Crippen molar-refractivity contribution < 1.29 is 32.7 Å². The van der Waals surface area contributed by atoms with Gasteiger partial charge in [0.1, 0.15) is 6.04 Å². The number of amides is 4. The summed E-state index contributed by atoms with van der Waals surface area (Å²) in [5.41, 5.74) is 0. The Morgan fingerprint density at radius 1 is 1.11 bits per heavy atom. The van der Waals surface area contributed by atoms with Gasteiger partial charge in [-0.05, 0) is 77.0 Å². The van der Waals surface area contributed by atoms with E-state index in [1.165, 1.54) is 0 Å². The Hall–Kier alpha value is -2.10. The third-order valence-electron chi connectivity index (χ3n) is 8.21. The maximum atomic E-state index is 14.9. The van der Waals surface area contributed by atoms with E-state index >= 15 is 0 Å². The van der Waals surface area contributed by atoms with E-state index in [1.807, 2.05) is 13.8 Å². The predicted octanol–water partition coefficient (Wildman–Crippen LogP) is 2.40. The zero-order valence-electron chi connectivity index (χ0n) is 20.6. The van der Waals surface area contributed by atoms with Crippen LogP contribution in [0.25, 0.3) is 0 Å². The first-order valence-electron chi connectivity index (χ1n) is 13.0. The standard InChI is InChI=1S/C25H37F2N3O5/c1-14(2)35-18-6-4-17(5-7-18)25(26,27)24(34)28-12-15-3-8-19-16(11-15)13-30(23(19)33)20-9-10-21(31)29-22(20)32/h14-20H,3-13H2,1-2H3,(H,28,34)(H,29,31,32). The summed E-state index contributed by atoms with van der Waals surface area (Å²) in [6, 6.07) is -0.622. The Balaban J connectivity index is 1.25. The molecule has 2 saturated heterocycles. The van der Waals surface area contributed by atoms with Crippen molar-refractivity contribution in [3.8, 4) is 0 Å². The second-order valence-corrected chi connectivity index (χ2v) is 11.0. The van der Waals surface area contributed by atoms with E-state index < -0.39 is 29.7 Å². The summed E-state index contributed by atoms with van der Waals surface area (Å²) in [6.07, 6.45) is 4.11. The van der Waals surface area contributed by atoms with Gasteiger partial charge in [0.15, 0.2) is 0 Å². The van der Waals surface area contributed by atoms with Gasteiger partial charge in [-0.1, -0.05) is 0 Å². The molecule has 2 saturated carbocycles. The number of carbonyl (C=O) groups excluding carboxylic acids is 4. The van der Waals surface area contributed by atoms with Crippen molar-refractivity contribution >= 4 is 23.6 Å². The van der Waals surface area contributed by atoms with Gasteiger partial charge in [0, 0.05) is 31.3 Å². The Bertz CT molecular complexity index is 843. The van der Waals surface area contributed by atoms with Crippen molar-refractivity contribution in [2.45, 2.75) is 95.8 Å². The number of carbonyl (C=O) groups is 4. The summed E-state index contributed by atoms with van der Waals surface area (Å²) in [6.45, 7) is 4.44. The highest BCUT2D eigenvalue weighted by molar-refractivity contribution is 6.02. The van der Waals surface area contributed by atoms with Crippen molar-refractivity contribution in [2.24, 2.45) is 23.7 Å². The molecule has 4 amide bonds. The fourth-order valence-electron chi connectivity index (χ4n) is 6.38. The van der Waals surface area contributed by atoms with Gasteiger partial charge < -0.3 is 15.0 Å². The van der Waals surface area contributed by atoms with E-state index in [4.69, 9.17) is 4.74 Å². The van der Waals surface area contributed by atoms with Crippen molar-refractivity contribution in [1.29, 1.82) is 0 Å². The number of halogens is 2. The number of imide groups is 1. The highest BCUT2D eigenvalue weighted by Gasteiger charge is 2.50. The molecule has 2 aliphatic carbocycles. The van der Waals surface area contributed by atoms with E-state index in [-0.39, 0.29) is 67.6 Å². The molecule has 10 heteroatoms. The lowest BCUT2D eigenvalue weighted by molar-refractivity contribution is -0.159. The SMILES string of the molecule is CC(C)OC1CCC(C(F)(F)C(=O)NCC2CCC3C(=O)N(C4CCC(=O)NC4=O)CC3C2)CC1. The Labute approximate surface area is 204 Å². The maximum absolute atomic E-state index is 14.9. The van der Waals surface area contributed by atoms with Gasteiger partial charge in [0.05, 0.1) is 12.2 Å². The number of piperidine rings is 1. The molecule has 2 aliphatic heterocycles. The predicted molar refractivity (Wildman–Crippen MR) is 122 cm³/mol. The van der Waals surface area contributed by atoms with Crippen LogP contribution in [0.2, 0.25) is 0 Å². The molecule has 0 aromatic heterocycles. The molecular formula is C25H37F2N3O5. The van der Waals surface area contributed by atoms with Crippen molar-refractivity contribution in [1.82, 2.24) is 15.5 Å². The lowest BCUT2D eigenvalue weighted by Gasteiger charge is -2.34. The molecular weight excluding hydrogens is 460 g/mol. The molecule has 2 heterocycles. The van der Waals surface area contributed by atoms with Crippen molar-refractivity contribution in [3.05, 3.63) is 0 Å². The van der Waals surface area contributed by atoms with Gasteiger partial charge in [-0.3, -0.25) is 24.5 Å². The first-order valence-corrected chi connectivity index (χ1v) is 13.0. The lowest BCUT2D eigenvalue weighted by atomic mass is 9.75. The van der Waals surface area contributed by atoms with Crippen molar-refractivity contribution in [2.75, 3.05) is 13.1 Å². The van der Waals surface area contributed by atoms with Crippen LogP contribution in [0.15, 0.2) is 0 Å². The minimum absolute atomic E-state index is 0.0145. The van der Waals surface area contributed by atoms with Gasteiger partial charge in [0.2, 0.25) is 17.7 Å². The average Bonchev–Trinajstić information content (AvgIpc) is 3.13. The number of nitrogens with zero attached hydrogens (tertiary/aromatic N) is 1. The summed E-state index contributed by atoms with van der Waals surface area (Å²) >= 11 is 0. The molecule has 0 aromatic rings. The Kier molecular flexibility index (Phi) is 7.78. The lowest BCUT2D eigenvalue weighted by Crippen LogP contribution is -2.53. The molecule has 2 N–H and O–H groups in total. The first-order chi connectivity index (χ1) is 16.6. The van der Waals surface area contributed by atoms with Gasteiger partial charge >= 0.3 is 5.92 Å². The largest absolute Gasteiger partial charge is 0.376 e. The molecule has 4 atom stereocenters. The summed E-state index contributed by atoms with van der Waals surface area (Å²) in [5, 5.41) is 4.79. The summed E-state index contributed by atoms with van der Waals surface area (Å²) in [4.78, 5) is 50.6. The molecule has 4 aliphatic rings. The van der Waals surface area contributed by atoms with E-state index in [1.54, 1.807) is 4.90 Å². The normalized spacial score (nSPS) is 34.1. The molecule has 196 valence electrons. The number of likely N-dealkylation sites (tertiary alicyclic amines) is 1. The number of hydrogen-bond acceptors (Lipinski definition) is 5. The number of nitrogens with one attached hydrogen (secondary N) is 2. The van der Waals surface area contributed by atoms with Gasteiger partial charge in [0.25, 0.3) is 5.91 Å². The summed E-state index contributed by atoms with van der Waals surface area (Å²) < 4.78 is 35.5. The zero-order chi connectivity index (χ0) is 25.3. The fourth-order valence-corrected chi connectivity index (χ4v) is 6.38. The van der Waals surface area contributed by atoms with Crippen LogP contribution in [0.5, 0.6) is 0 Å². The van der Waals surface area contributed by atoms with Crippen molar-refractivity contribution in [3.63, 3.8) is 0 Å². The number of ether oxygens (including phenoxy) is 1. The van der Waals surface area contributed by atoms with E-state index in [9.17, 15) is 28.0 Å². The molecule has 0 spiro atoms. The van der Waals surface area contributed by atoms with E-state index in [2.05, 4.69) is 10.6 Å². The number of rotatable bonds is 7. The topological polar surface area (TPSA) is 105 Å². The molecule has 35 heavy (non-hydrogen) atoms. The summed E-state index contributed by atoms with van der Waals surface area (Å²) in [5.74, 6) is -6.54. The highest BCUT2D eigenvalue weighted by Crippen LogP contribution is 2.42. The van der Waals surface area contributed by atoms with Gasteiger partial charge in [-0.15, -0.1) is 0 Å². The zero-order valence-corrected chi connectivity index (χ0v) is 20.6. The Morgan fingerprint density at radius 2 is 1.83 bits per heavy atom. The molecule has 0 radical (unpaired) electrons. The van der Waals surface area contributed by atoms with E-state index in [0.717, 1.165) is 0 Å². The second kappa shape index (κ2) is 10.5. The minimum atomic E-state index is -3.41. The quantitative estimate of drug-likeness (QED) is 0.526. The Morgan fingerprint density at radius 3 is 2.49 bits per heavy atom. The monoisotopic (exact) mass is 497 g/mol. The molecule has 4 fully saturated rings. The highest BCUT2D eigenvalue weighted by atomic mass is 19.3. The van der Waals surface area contributed by atoms with Crippen LogP contribution < -0.4 is 10.6 Å². The number of hydrogen-bond donors (Lipinski definition) is 2. The van der Waals surface area contributed by atoms with E-state index in [0.29, 0.717) is 45.1 Å². The number of alkyl halides is 2. The van der Waals surface area contributed by atoms with Crippen LogP contribution >= 0.6 is 0 Å². The van der Waals surface area contributed by atoms with Crippen LogP contribution in [-0.4, -0.2) is 65.8 Å². The van der Waals surface area contributed by atoms with Crippen LogP contribution in [-0.2, 0) is 23.9 Å². The van der Waals surface area contributed by atoms with Gasteiger partial charge in [-0.25, -0.2) is 0 Å². The van der Waals surface area contributed by atoms with Crippen LogP contribution in [0.1, 0.15) is 71.6 Å². The third-order valence-corrected chi connectivity index (χ3v) is 8.21. The van der Waals surface area contributed by atoms with Crippen LogP contribution in [0.4, 0.5) is 8.78 Å². The average molecular weight is 498 g/mol. The smallest absolute Gasteiger partial charge is 0.327 e. The molecule has 4 rings (SSSR count). The fraction of sp³-hybridized carbons (Fsp3) is 0.840. The van der Waals surface area contributed by atoms with Crippen LogP contribution in [0.3, 0.4) is 0 Å². The molecule has 8 nitrogen and oxygen atoms in total. The minimum Gasteiger partial charge on any atom is -0.376 e. The maximum Gasteiger partial charge on any atom is 0.327 e.